The Labute approximate surface area is 172 Å². The third-order valence-corrected chi connectivity index (χ3v) is 6.94. The van der Waals surface area contributed by atoms with E-state index in [9.17, 15) is 14.7 Å². The van der Waals surface area contributed by atoms with E-state index in [-0.39, 0.29) is 6.42 Å². The molecule has 4 unspecified atom stereocenters. The van der Waals surface area contributed by atoms with Crippen LogP contribution in [0.4, 0.5) is 0 Å². The lowest BCUT2D eigenvalue weighted by molar-refractivity contribution is -0.140. The van der Waals surface area contributed by atoms with Crippen molar-refractivity contribution in [3.63, 3.8) is 0 Å². The number of aliphatic carboxylic acids is 2. The molecule has 0 aromatic rings. The van der Waals surface area contributed by atoms with Crippen LogP contribution < -0.4 is 0 Å². The highest BCUT2D eigenvalue weighted by molar-refractivity contribution is 5.67. The second-order valence-electron chi connectivity index (χ2n) is 8.98. The lowest BCUT2D eigenvalue weighted by atomic mass is 9.62. The number of rotatable bonds is 16. The van der Waals surface area contributed by atoms with Crippen LogP contribution >= 0.6 is 0 Å². The van der Waals surface area contributed by atoms with E-state index in [1.54, 1.807) is 0 Å². The lowest BCUT2D eigenvalue weighted by Gasteiger charge is -2.43. The Balaban J connectivity index is 2.41. The summed E-state index contributed by atoms with van der Waals surface area (Å²) in [7, 11) is 0. The molecule has 0 spiro atoms. The second-order valence-corrected chi connectivity index (χ2v) is 8.98. The van der Waals surface area contributed by atoms with E-state index in [2.05, 4.69) is 13.8 Å². The van der Waals surface area contributed by atoms with Gasteiger partial charge in [0.25, 0.3) is 0 Å². The highest BCUT2D eigenvalue weighted by Crippen LogP contribution is 2.46. The van der Waals surface area contributed by atoms with Gasteiger partial charge in [0.15, 0.2) is 0 Å². The molecule has 1 fully saturated rings. The maximum Gasteiger partial charge on any atom is 0.303 e. The van der Waals surface area contributed by atoms with Crippen molar-refractivity contribution in [1.82, 2.24) is 0 Å². The first-order chi connectivity index (χ1) is 13.5. The average Bonchev–Trinajstić information content (AvgIpc) is 2.64. The lowest BCUT2D eigenvalue weighted by Crippen LogP contribution is -2.36. The Morgan fingerprint density at radius 1 is 0.714 bits per heavy atom. The fourth-order valence-electron chi connectivity index (χ4n) is 5.47. The molecule has 2 N–H and O–H groups in total. The van der Waals surface area contributed by atoms with Crippen LogP contribution in [-0.4, -0.2) is 22.2 Å². The zero-order valence-corrected chi connectivity index (χ0v) is 18.3. The van der Waals surface area contributed by atoms with E-state index in [4.69, 9.17) is 5.11 Å². The molecule has 0 amide bonds. The van der Waals surface area contributed by atoms with Gasteiger partial charge < -0.3 is 10.2 Å². The van der Waals surface area contributed by atoms with E-state index in [0.717, 1.165) is 31.6 Å². The van der Waals surface area contributed by atoms with E-state index >= 15 is 0 Å². The highest BCUT2D eigenvalue weighted by atomic mass is 16.4. The third-order valence-electron chi connectivity index (χ3n) is 6.94. The van der Waals surface area contributed by atoms with Crippen molar-refractivity contribution in [2.45, 2.75) is 117 Å². The zero-order valence-electron chi connectivity index (χ0n) is 18.3. The van der Waals surface area contributed by atoms with Crippen molar-refractivity contribution in [2.75, 3.05) is 0 Å². The molecule has 0 aromatic heterocycles. The summed E-state index contributed by atoms with van der Waals surface area (Å²) in [6.45, 7) is 4.50. The van der Waals surface area contributed by atoms with Gasteiger partial charge in [-0.2, -0.15) is 0 Å². The highest BCUT2D eigenvalue weighted by Gasteiger charge is 2.38. The van der Waals surface area contributed by atoms with Gasteiger partial charge in [-0.05, 0) is 42.9 Å². The molecule has 0 heterocycles. The van der Waals surface area contributed by atoms with Gasteiger partial charge in [-0.25, -0.2) is 0 Å². The van der Waals surface area contributed by atoms with Crippen LogP contribution in [-0.2, 0) is 9.59 Å². The number of hydrogen-bond donors (Lipinski definition) is 2. The molecule has 0 saturated heterocycles. The summed E-state index contributed by atoms with van der Waals surface area (Å²) in [6.07, 6.45) is 17.0. The van der Waals surface area contributed by atoms with E-state index in [1.165, 1.54) is 64.2 Å². The second kappa shape index (κ2) is 14.9. The minimum atomic E-state index is -0.694. The molecule has 0 radical (unpaired) electrons. The SMILES string of the molecule is CCCCCC1CCC(CCCCCCCCC(=O)O)C(CC(=O)O)C1CC. The van der Waals surface area contributed by atoms with Crippen molar-refractivity contribution >= 4 is 11.9 Å². The fourth-order valence-corrected chi connectivity index (χ4v) is 5.47. The summed E-state index contributed by atoms with van der Waals surface area (Å²) in [5.41, 5.74) is 0. The maximum atomic E-state index is 11.5. The van der Waals surface area contributed by atoms with Gasteiger partial charge in [-0.15, -0.1) is 0 Å². The number of hydrogen-bond acceptors (Lipinski definition) is 2. The fraction of sp³-hybridized carbons (Fsp3) is 0.917. The van der Waals surface area contributed by atoms with Crippen LogP contribution in [0.15, 0.2) is 0 Å². The third kappa shape index (κ3) is 9.93. The van der Waals surface area contributed by atoms with E-state index < -0.39 is 11.9 Å². The smallest absolute Gasteiger partial charge is 0.303 e. The molecule has 28 heavy (non-hydrogen) atoms. The molecule has 164 valence electrons. The molecule has 0 bridgehead atoms. The standard InChI is InChI=1S/C24H44O4/c1-3-5-10-13-19-16-17-20(22(18-24(27)28)21(19)4-2)14-11-8-6-7-9-12-15-23(25)26/h19-22H,3-18H2,1-2H3,(H,25,26)(H,27,28). The molecule has 1 saturated carbocycles. The number of carbonyl (C=O) groups is 2. The van der Waals surface area contributed by atoms with Crippen molar-refractivity contribution in [3.05, 3.63) is 0 Å². The minimum Gasteiger partial charge on any atom is -0.481 e. The predicted molar refractivity (Wildman–Crippen MR) is 114 cm³/mol. The molecule has 1 rings (SSSR count). The van der Waals surface area contributed by atoms with Crippen LogP contribution in [0.3, 0.4) is 0 Å². The number of carboxylic acid groups (broad SMARTS) is 2. The number of unbranched alkanes of at least 4 members (excludes halogenated alkanes) is 7. The Kier molecular flexibility index (Phi) is 13.3. The average molecular weight is 397 g/mol. The molecular formula is C24H44O4. The van der Waals surface area contributed by atoms with Crippen LogP contribution in [0.1, 0.15) is 117 Å². The summed E-state index contributed by atoms with van der Waals surface area (Å²) in [5, 5.41) is 18.2. The summed E-state index contributed by atoms with van der Waals surface area (Å²) in [6, 6.07) is 0. The Morgan fingerprint density at radius 2 is 1.25 bits per heavy atom. The van der Waals surface area contributed by atoms with Crippen molar-refractivity contribution in [1.29, 1.82) is 0 Å². The quantitative estimate of drug-likeness (QED) is 0.278. The van der Waals surface area contributed by atoms with Crippen molar-refractivity contribution in [2.24, 2.45) is 23.7 Å². The van der Waals surface area contributed by atoms with Crippen LogP contribution in [0.5, 0.6) is 0 Å². The summed E-state index contributed by atoms with van der Waals surface area (Å²) >= 11 is 0. The topological polar surface area (TPSA) is 74.6 Å². The first-order valence-electron chi connectivity index (χ1n) is 11.9. The first kappa shape index (κ1) is 25.0. The van der Waals surface area contributed by atoms with Gasteiger partial charge in [0.1, 0.15) is 0 Å². The minimum absolute atomic E-state index is 0.288. The normalized spacial score (nSPS) is 24.9. The van der Waals surface area contributed by atoms with Gasteiger partial charge in [-0.3, -0.25) is 9.59 Å². The molecular weight excluding hydrogens is 352 g/mol. The Morgan fingerprint density at radius 3 is 1.79 bits per heavy atom. The molecule has 4 atom stereocenters. The summed E-state index contributed by atoms with van der Waals surface area (Å²) in [5.74, 6) is 0.935. The summed E-state index contributed by atoms with van der Waals surface area (Å²) in [4.78, 5) is 22.0. The van der Waals surface area contributed by atoms with E-state index in [0.29, 0.717) is 24.2 Å². The molecule has 0 aliphatic heterocycles. The van der Waals surface area contributed by atoms with Crippen molar-refractivity contribution in [3.8, 4) is 0 Å². The van der Waals surface area contributed by atoms with Gasteiger partial charge >= 0.3 is 11.9 Å². The van der Waals surface area contributed by atoms with Crippen LogP contribution in [0.2, 0.25) is 0 Å². The van der Waals surface area contributed by atoms with Crippen LogP contribution in [0.25, 0.3) is 0 Å². The largest absolute Gasteiger partial charge is 0.481 e. The van der Waals surface area contributed by atoms with Crippen molar-refractivity contribution < 1.29 is 19.8 Å². The molecule has 0 aromatic carbocycles. The van der Waals surface area contributed by atoms with Crippen LogP contribution in [0, 0.1) is 23.7 Å². The molecule has 4 heteroatoms. The number of carboxylic acids is 2. The first-order valence-corrected chi connectivity index (χ1v) is 11.9. The zero-order chi connectivity index (χ0) is 20.8. The van der Waals surface area contributed by atoms with E-state index in [1.807, 2.05) is 0 Å². The Bertz CT molecular complexity index is 434. The Hall–Kier alpha value is -1.06. The molecule has 1 aliphatic carbocycles. The molecule has 1 aliphatic rings. The monoisotopic (exact) mass is 396 g/mol. The van der Waals surface area contributed by atoms with Gasteiger partial charge in [0.2, 0.25) is 0 Å². The summed E-state index contributed by atoms with van der Waals surface area (Å²) < 4.78 is 0. The van der Waals surface area contributed by atoms with Gasteiger partial charge in [0, 0.05) is 12.8 Å². The van der Waals surface area contributed by atoms with Gasteiger partial charge in [0.05, 0.1) is 0 Å². The molecule has 4 nitrogen and oxygen atoms in total. The predicted octanol–water partition coefficient (Wildman–Crippen LogP) is 6.92. The maximum absolute atomic E-state index is 11.5. The van der Waals surface area contributed by atoms with Gasteiger partial charge in [-0.1, -0.05) is 84.5 Å².